The van der Waals surface area contributed by atoms with Crippen LogP contribution in [0.2, 0.25) is 0 Å². The zero-order chi connectivity index (χ0) is 34.0. The molecule has 4 aromatic rings. The number of aromatic nitrogens is 5. The number of pyridine rings is 1. The molecule has 0 unspecified atom stereocenters. The summed E-state index contributed by atoms with van der Waals surface area (Å²) in [5, 5.41) is 7.91. The summed E-state index contributed by atoms with van der Waals surface area (Å²) in [6.07, 6.45) is 5.55. The molecule has 5 rings (SSSR count). The number of ketones is 1. The van der Waals surface area contributed by atoms with Crippen molar-refractivity contribution in [3.8, 4) is 11.1 Å². The van der Waals surface area contributed by atoms with Crippen LogP contribution in [0.3, 0.4) is 0 Å². The fourth-order valence-electron chi connectivity index (χ4n) is 6.40. The van der Waals surface area contributed by atoms with Crippen LogP contribution in [0, 0.1) is 19.8 Å². The van der Waals surface area contributed by atoms with Gasteiger partial charge in [0.2, 0.25) is 11.8 Å². The van der Waals surface area contributed by atoms with Crippen LogP contribution in [0.5, 0.6) is 0 Å². The Balaban J connectivity index is 1.50. The number of fused-ring (bicyclic) bond motifs is 1. The lowest BCUT2D eigenvalue weighted by Gasteiger charge is -2.29. The maximum Gasteiger partial charge on any atom is 0.248 e. The lowest BCUT2D eigenvalue weighted by molar-refractivity contribution is -0.139. The zero-order valence-corrected chi connectivity index (χ0v) is 29.1. The van der Waals surface area contributed by atoms with Gasteiger partial charge in [0.05, 0.1) is 5.52 Å². The van der Waals surface area contributed by atoms with Crippen LogP contribution in [0.15, 0.2) is 41.3 Å². The van der Waals surface area contributed by atoms with E-state index in [0.29, 0.717) is 44.7 Å². The van der Waals surface area contributed by atoms with E-state index in [9.17, 15) is 18.8 Å². The first kappa shape index (κ1) is 34.2. The van der Waals surface area contributed by atoms with Gasteiger partial charge in [-0.15, -0.1) is 0 Å². The van der Waals surface area contributed by atoms with Crippen LogP contribution < -0.4 is 5.32 Å². The molecule has 1 aliphatic heterocycles. The fourth-order valence-corrected chi connectivity index (χ4v) is 6.71. The average Bonchev–Trinajstić information content (AvgIpc) is 3.56. The smallest absolute Gasteiger partial charge is 0.248 e. The third-order valence-corrected chi connectivity index (χ3v) is 9.30. The van der Waals surface area contributed by atoms with Gasteiger partial charge in [-0.25, -0.2) is 19.3 Å². The van der Waals surface area contributed by atoms with Gasteiger partial charge >= 0.3 is 0 Å². The van der Waals surface area contributed by atoms with Crippen molar-refractivity contribution in [3.05, 3.63) is 63.9 Å². The summed E-state index contributed by atoms with van der Waals surface area (Å²) >= 11 is 3.37. The Morgan fingerprint density at radius 3 is 2.49 bits per heavy atom. The highest BCUT2D eigenvalue weighted by atomic mass is 79.9. The second-order valence-corrected chi connectivity index (χ2v) is 13.3. The van der Waals surface area contributed by atoms with E-state index in [1.54, 1.807) is 42.4 Å². The molecule has 248 valence electrons. The highest BCUT2D eigenvalue weighted by Crippen LogP contribution is 2.35. The summed E-state index contributed by atoms with van der Waals surface area (Å²) in [5.41, 5.74) is 2.89. The molecule has 4 heterocycles. The lowest BCUT2D eigenvalue weighted by atomic mass is 9.94. The van der Waals surface area contributed by atoms with E-state index in [2.05, 4.69) is 46.2 Å². The van der Waals surface area contributed by atoms with Crippen LogP contribution in [0.25, 0.3) is 22.0 Å². The van der Waals surface area contributed by atoms with Gasteiger partial charge in [0.25, 0.3) is 0 Å². The monoisotopic (exact) mass is 706 g/mol. The van der Waals surface area contributed by atoms with Crippen molar-refractivity contribution in [2.45, 2.75) is 72.3 Å². The molecule has 3 atom stereocenters. The summed E-state index contributed by atoms with van der Waals surface area (Å²) in [6, 6.07) is 6.10. The summed E-state index contributed by atoms with van der Waals surface area (Å²) in [7, 11) is 4.04. The molecule has 1 fully saturated rings. The molecular formula is C34H40BrFN8O3. The molecule has 2 amide bonds. The van der Waals surface area contributed by atoms with Crippen molar-refractivity contribution in [1.82, 2.24) is 34.5 Å². The lowest BCUT2D eigenvalue weighted by Crippen LogP contribution is -2.48. The number of alkyl halides is 1. The quantitative estimate of drug-likeness (QED) is 0.160. The van der Waals surface area contributed by atoms with Gasteiger partial charge in [0, 0.05) is 41.9 Å². The fraction of sp³-hybridized carbons (Fsp3) is 0.441. The Morgan fingerprint density at radius 2 is 1.83 bits per heavy atom. The molecule has 1 aromatic carbocycles. The largest absolute Gasteiger partial charge is 0.326 e. The van der Waals surface area contributed by atoms with Gasteiger partial charge in [0.1, 0.15) is 41.2 Å². The van der Waals surface area contributed by atoms with E-state index >= 15 is 0 Å². The van der Waals surface area contributed by atoms with E-state index < -0.39 is 12.7 Å². The molecule has 1 saturated heterocycles. The number of halogens is 2. The summed E-state index contributed by atoms with van der Waals surface area (Å²) in [5.74, 6) is 0.140. The van der Waals surface area contributed by atoms with Crippen molar-refractivity contribution >= 4 is 50.2 Å². The van der Waals surface area contributed by atoms with Crippen LogP contribution >= 0.6 is 15.9 Å². The molecule has 47 heavy (non-hydrogen) atoms. The first-order chi connectivity index (χ1) is 22.4. The van der Waals surface area contributed by atoms with E-state index in [1.165, 1.54) is 11.6 Å². The minimum Gasteiger partial charge on any atom is -0.326 e. The molecule has 3 aromatic heterocycles. The normalized spacial score (nSPS) is 17.9. The highest BCUT2D eigenvalue weighted by Gasteiger charge is 2.44. The zero-order valence-electron chi connectivity index (χ0n) is 27.5. The number of nitrogens with zero attached hydrogens (tertiary/aromatic N) is 7. The van der Waals surface area contributed by atoms with E-state index in [4.69, 9.17) is 0 Å². The molecule has 0 radical (unpaired) electrons. The van der Waals surface area contributed by atoms with E-state index in [-0.39, 0.29) is 47.4 Å². The number of amides is 2. The highest BCUT2D eigenvalue weighted by molar-refractivity contribution is 9.10. The number of nitrogens with one attached hydrogen (secondary N) is 1. The maximum atomic E-state index is 14.6. The van der Waals surface area contributed by atoms with Crippen molar-refractivity contribution < 1.29 is 18.8 Å². The first-order valence-electron chi connectivity index (χ1n) is 15.7. The Bertz CT molecular complexity index is 1810. The summed E-state index contributed by atoms with van der Waals surface area (Å²) < 4.78 is 16.6. The number of benzene rings is 1. The van der Waals surface area contributed by atoms with Crippen LogP contribution in [0.1, 0.15) is 60.5 Å². The molecular weight excluding hydrogens is 667 g/mol. The van der Waals surface area contributed by atoms with Gasteiger partial charge in [-0.3, -0.25) is 19.1 Å². The van der Waals surface area contributed by atoms with Gasteiger partial charge in [0.15, 0.2) is 5.78 Å². The maximum absolute atomic E-state index is 14.6. The topological polar surface area (TPSA) is 126 Å². The molecule has 11 nitrogen and oxygen atoms in total. The Labute approximate surface area is 282 Å². The Morgan fingerprint density at radius 1 is 1.11 bits per heavy atom. The molecule has 0 bridgehead atoms. The SMILES string of the molecule is CC(=O)c1nn(CC(=O)N2[C@H](C)[C@@H](CCCN(C)C)C[C@H]2C(=O)Nc2nc(Br)ccc2C)c2c(CF)cc(-c3cnc(C)nc3)cc12. The standard InChI is InChI=1S/C34H40BrFN8O3/c1-19-9-10-29(35)39-33(19)40-34(47)28-14-23(8-7-11-42(5)6)20(2)44(28)30(46)18-43-32-25(15-36)12-24(26-16-37-22(4)38-17-26)13-27(32)31(41-43)21(3)45/h9-10,12-13,16-17,20,23,28H,7-8,11,14-15,18H2,1-6H3,(H,39,40,47)/t20-,23+,28+/m1/s1. The minimum atomic E-state index is -0.841. The third kappa shape index (κ3) is 7.41. The second kappa shape index (κ2) is 14.3. The number of carbonyl (C=O) groups is 3. The van der Waals surface area contributed by atoms with Crippen molar-refractivity contribution in [3.63, 3.8) is 0 Å². The Hall–Kier alpha value is -4.10. The van der Waals surface area contributed by atoms with Gasteiger partial charge in [-0.05, 0) is 112 Å². The number of carbonyl (C=O) groups excluding carboxylic acids is 3. The Kier molecular flexibility index (Phi) is 10.5. The third-order valence-electron chi connectivity index (χ3n) is 8.86. The predicted molar refractivity (Wildman–Crippen MR) is 182 cm³/mol. The molecule has 13 heteroatoms. The van der Waals surface area contributed by atoms with Gasteiger partial charge < -0.3 is 15.1 Å². The molecule has 0 spiro atoms. The van der Waals surface area contributed by atoms with Crippen molar-refractivity contribution in [1.29, 1.82) is 0 Å². The number of hydrogen-bond donors (Lipinski definition) is 1. The number of rotatable bonds is 11. The van der Waals surface area contributed by atoms with Gasteiger partial charge in [-0.2, -0.15) is 5.10 Å². The average molecular weight is 708 g/mol. The van der Waals surface area contributed by atoms with Gasteiger partial charge in [-0.1, -0.05) is 6.07 Å². The molecule has 0 aliphatic carbocycles. The van der Waals surface area contributed by atoms with Crippen molar-refractivity contribution in [2.75, 3.05) is 26.0 Å². The second-order valence-electron chi connectivity index (χ2n) is 12.5. The molecule has 1 N–H and O–H groups in total. The number of likely N-dealkylation sites (tertiary alicyclic amines) is 1. The summed E-state index contributed by atoms with van der Waals surface area (Å²) in [4.78, 5) is 57.5. The number of hydrogen-bond acceptors (Lipinski definition) is 8. The number of aryl methyl sites for hydroxylation is 2. The predicted octanol–water partition coefficient (Wildman–Crippen LogP) is 5.53. The molecule has 0 saturated carbocycles. The first-order valence-corrected chi connectivity index (χ1v) is 16.5. The number of anilines is 1. The number of Topliss-reactive ketones (excluding diaryl/α,β-unsaturated/α-hetero) is 1. The van der Waals surface area contributed by atoms with Crippen molar-refractivity contribution in [2.24, 2.45) is 5.92 Å². The van der Waals surface area contributed by atoms with E-state index in [0.717, 1.165) is 24.9 Å². The van der Waals surface area contributed by atoms with Crippen LogP contribution in [-0.2, 0) is 22.8 Å². The van der Waals surface area contributed by atoms with E-state index in [1.807, 2.05) is 34.0 Å². The summed E-state index contributed by atoms with van der Waals surface area (Å²) in [6.45, 7) is 6.78. The molecule has 1 aliphatic rings. The minimum absolute atomic E-state index is 0.0917. The van der Waals surface area contributed by atoms with Crippen LogP contribution in [-0.4, -0.2) is 84.9 Å². The van der Waals surface area contributed by atoms with Crippen LogP contribution in [0.4, 0.5) is 10.2 Å².